The zero-order valence-corrected chi connectivity index (χ0v) is 17.4. The summed E-state index contributed by atoms with van der Waals surface area (Å²) in [5, 5.41) is 4.19. The van der Waals surface area contributed by atoms with Crippen LogP contribution in [-0.2, 0) is 16.1 Å². The molecule has 4 rings (SSSR count). The molecule has 2 aliphatic rings. The normalized spacial score (nSPS) is 22.2. The Balaban J connectivity index is 1.25. The number of rotatable bonds is 7. The van der Waals surface area contributed by atoms with Gasteiger partial charge in [-0.15, -0.1) is 0 Å². The lowest BCUT2D eigenvalue weighted by Crippen LogP contribution is -2.50. The van der Waals surface area contributed by atoms with Crippen molar-refractivity contribution in [2.24, 2.45) is 5.92 Å². The molecule has 3 heterocycles. The SMILES string of the molecule is COCCNC(=O)[C@H]1CCCN(C2CCN(Cc3cc4ccccc4o3)CC2)C1. The van der Waals surface area contributed by atoms with Gasteiger partial charge in [0.15, 0.2) is 0 Å². The second-order valence-corrected chi connectivity index (χ2v) is 8.38. The van der Waals surface area contributed by atoms with Crippen LogP contribution in [0.4, 0.5) is 0 Å². The van der Waals surface area contributed by atoms with Gasteiger partial charge in [-0.2, -0.15) is 0 Å². The molecule has 1 N–H and O–H groups in total. The summed E-state index contributed by atoms with van der Waals surface area (Å²) in [5.41, 5.74) is 0.973. The number of methoxy groups -OCH3 is 1. The first kappa shape index (κ1) is 20.4. The van der Waals surface area contributed by atoms with E-state index in [4.69, 9.17) is 9.15 Å². The fourth-order valence-corrected chi connectivity index (χ4v) is 4.75. The summed E-state index contributed by atoms with van der Waals surface area (Å²) in [5.74, 6) is 1.36. The minimum atomic E-state index is 0.120. The van der Waals surface area contributed by atoms with Crippen LogP contribution in [0.5, 0.6) is 0 Å². The summed E-state index contributed by atoms with van der Waals surface area (Å²) < 4.78 is 11.0. The first-order valence-corrected chi connectivity index (χ1v) is 10.9. The van der Waals surface area contributed by atoms with Crippen molar-refractivity contribution in [3.63, 3.8) is 0 Å². The predicted molar refractivity (Wildman–Crippen MR) is 114 cm³/mol. The number of carbonyl (C=O) groups excluding carboxylic acids is 1. The summed E-state index contributed by atoms with van der Waals surface area (Å²) in [7, 11) is 1.66. The van der Waals surface area contributed by atoms with Crippen LogP contribution in [0, 0.1) is 5.92 Å². The van der Waals surface area contributed by atoms with Gasteiger partial charge in [-0.1, -0.05) is 18.2 Å². The van der Waals surface area contributed by atoms with E-state index in [1.165, 1.54) is 5.39 Å². The van der Waals surface area contributed by atoms with Crippen LogP contribution >= 0.6 is 0 Å². The monoisotopic (exact) mass is 399 g/mol. The number of fused-ring (bicyclic) bond motifs is 1. The molecule has 0 radical (unpaired) electrons. The van der Waals surface area contributed by atoms with Gasteiger partial charge in [-0.3, -0.25) is 14.6 Å². The number of likely N-dealkylation sites (tertiary alicyclic amines) is 2. The van der Waals surface area contributed by atoms with Crippen LogP contribution in [0.2, 0.25) is 0 Å². The average Bonchev–Trinajstić information content (AvgIpc) is 3.17. The van der Waals surface area contributed by atoms with Gasteiger partial charge < -0.3 is 14.5 Å². The second kappa shape index (κ2) is 9.74. The number of ether oxygens (including phenoxy) is 1. The molecule has 1 aromatic heterocycles. The molecule has 29 heavy (non-hydrogen) atoms. The van der Waals surface area contributed by atoms with Gasteiger partial charge in [-0.05, 0) is 44.4 Å². The van der Waals surface area contributed by atoms with Crippen molar-refractivity contribution in [3.8, 4) is 0 Å². The molecular formula is C23H33N3O3. The predicted octanol–water partition coefficient (Wildman–Crippen LogP) is 2.87. The van der Waals surface area contributed by atoms with E-state index in [0.717, 1.165) is 69.8 Å². The third-order valence-corrected chi connectivity index (χ3v) is 6.36. The van der Waals surface area contributed by atoms with Gasteiger partial charge in [0.2, 0.25) is 5.91 Å². The molecule has 1 aromatic carbocycles. The summed E-state index contributed by atoms with van der Waals surface area (Å²) in [6.07, 6.45) is 4.44. The number of piperidine rings is 2. The minimum absolute atomic E-state index is 0.120. The van der Waals surface area contributed by atoms with Crippen molar-refractivity contribution < 1.29 is 13.9 Å². The summed E-state index contributed by atoms with van der Waals surface area (Å²) in [6.45, 7) is 6.25. The van der Waals surface area contributed by atoms with E-state index in [1.54, 1.807) is 7.11 Å². The Labute approximate surface area is 173 Å². The van der Waals surface area contributed by atoms with Crippen LogP contribution in [0.1, 0.15) is 31.4 Å². The molecule has 6 heteroatoms. The zero-order chi connectivity index (χ0) is 20.1. The average molecular weight is 400 g/mol. The van der Waals surface area contributed by atoms with E-state index in [0.29, 0.717) is 19.2 Å². The highest BCUT2D eigenvalue weighted by molar-refractivity contribution is 5.79. The van der Waals surface area contributed by atoms with E-state index in [2.05, 4.69) is 33.3 Å². The van der Waals surface area contributed by atoms with Gasteiger partial charge >= 0.3 is 0 Å². The lowest BCUT2D eigenvalue weighted by atomic mass is 9.93. The van der Waals surface area contributed by atoms with Crippen molar-refractivity contribution in [1.82, 2.24) is 15.1 Å². The number of para-hydroxylation sites is 1. The molecule has 1 atom stereocenters. The number of nitrogens with zero attached hydrogens (tertiary/aromatic N) is 2. The number of benzene rings is 1. The van der Waals surface area contributed by atoms with Crippen LogP contribution in [-0.4, -0.2) is 68.2 Å². The Morgan fingerprint density at radius 1 is 1.21 bits per heavy atom. The minimum Gasteiger partial charge on any atom is -0.460 e. The second-order valence-electron chi connectivity index (χ2n) is 8.38. The Kier molecular flexibility index (Phi) is 6.85. The number of hydrogen-bond donors (Lipinski definition) is 1. The quantitative estimate of drug-likeness (QED) is 0.726. The van der Waals surface area contributed by atoms with Crippen LogP contribution in [0.3, 0.4) is 0 Å². The molecular weight excluding hydrogens is 366 g/mol. The topological polar surface area (TPSA) is 58.0 Å². The van der Waals surface area contributed by atoms with Gasteiger partial charge in [0.25, 0.3) is 0 Å². The van der Waals surface area contributed by atoms with E-state index < -0.39 is 0 Å². The van der Waals surface area contributed by atoms with Crippen LogP contribution in [0.15, 0.2) is 34.7 Å². The third kappa shape index (κ3) is 5.18. The fraction of sp³-hybridized carbons (Fsp3) is 0.609. The molecule has 158 valence electrons. The Morgan fingerprint density at radius 3 is 2.83 bits per heavy atom. The first-order valence-electron chi connectivity index (χ1n) is 10.9. The van der Waals surface area contributed by atoms with Crippen molar-refractivity contribution in [1.29, 1.82) is 0 Å². The lowest BCUT2D eigenvalue weighted by molar-refractivity contribution is -0.127. The molecule has 2 saturated heterocycles. The number of furan rings is 1. The maximum Gasteiger partial charge on any atom is 0.224 e. The first-order chi connectivity index (χ1) is 14.2. The maximum atomic E-state index is 12.4. The molecule has 0 aliphatic carbocycles. The molecule has 2 aliphatic heterocycles. The molecule has 2 fully saturated rings. The summed E-state index contributed by atoms with van der Waals surface area (Å²) in [4.78, 5) is 17.5. The highest BCUT2D eigenvalue weighted by atomic mass is 16.5. The molecule has 0 spiro atoms. The summed E-state index contributed by atoms with van der Waals surface area (Å²) in [6, 6.07) is 11.0. The fourth-order valence-electron chi connectivity index (χ4n) is 4.75. The van der Waals surface area contributed by atoms with Crippen molar-refractivity contribution in [3.05, 3.63) is 36.1 Å². The lowest BCUT2D eigenvalue weighted by Gasteiger charge is -2.41. The number of amides is 1. The summed E-state index contributed by atoms with van der Waals surface area (Å²) >= 11 is 0. The molecule has 6 nitrogen and oxygen atoms in total. The third-order valence-electron chi connectivity index (χ3n) is 6.36. The number of nitrogens with one attached hydrogen (secondary N) is 1. The van der Waals surface area contributed by atoms with E-state index in [9.17, 15) is 4.79 Å². The molecule has 0 bridgehead atoms. The smallest absolute Gasteiger partial charge is 0.224 e. The van der Waals surface area contributed by atoms with E-state index in [1.807, 2.05) is 12.1 Å². The van der Waals surface area contributed by atoms with Gasteiger partial charge in [0.1, 0.15) is 11.3 Å². The standard InChI is InChI=1S/C23H33N3O3/c1-28-14-10-24-23(27)19-6-4-11-26(16-19)20-8-12-25(13-9-20)17-21-15-18-5-2-3-7-22(18)29-21/h2-3,5,7,15,19-20H,4,6,8-14,16-17H2,1H3,(H,24,27)/t19-/m0/s1. The van der Waals surface area contributed by atoms with Crippen LogP contribution < -0.4 is 5.32 Å². The van der Waals surface area contributed by atoms with E-state index in [-0.39, 0.29) is 11.8 Å². The highest BCUT2D eigenvalue weighted by Gasteiger charge is 2.31. The van der Waals surface area contributed by atoms with Crippen molar-refractivity contribution in [2.45, 2.75) is 38.3 Å². The van der Waals surface area contributed by atoms with Gasteiger partial charge in [0, 0.05) is 44.7 Å². The number of hydrogen-bond acceptors (Lipinski definition) is 5. The van der Waals surface area contributed by atoms with Crippen molar-refractivity contribution in [2.75, 3.05) is 46.4 Å². The Bertz CT molecular complexity index is 765. The van der Waals surface area contributed by atoms with Gasteiger partial charge in [-0.25, -0.2) is 0 Å². The Hall–Kier alpha value is -1.89. The molecule has 0 unspecified atom stereocenters. The van der Waals surface area contributed by atoms with Gasteiger partial charge in [0.05, 0.1) is 19.1 Å². The van der Waals surface area contributed by atoms with Crippen LogP contribution in [0.25, 0.3) is 11.0 Å². The molecule has 2 aromatic rings. The molecule has 1 amide bonds. The highest BCUT2D eigenvalue weighted by Crippen LogP contribution is 2.26. The Morgan fingerprint density at radius 2 is 2.03 bits per heavy atom. The largest absolute Gasteiger partial charge is 0.460 e. The van der Waals surface area contributed by atoms with Crippen molar-refractivity contribution >= 4 is 16.9 Å². The number of carbonyl (C=O) groups is 1. The molecule has 0 saturated carbocycles. The van der Waals surface area contributed by atoms with E-state index >= 15 is 0 Å². The zero-order valence-electron chi connectivity index (χ0n) is 17.4. The maximum absolute atomic E-state index is 12.4.